The molecule has 10 nitrogen and oxygen atoms in total. The standard InChI is InChI=1S/C23H29N7O3/c1-16-19(14-33-22(16)32)29-12-8-23(13-21(29)31)6-10-28(11-7-23)9-5-18-3-4-20(25-17(18)2)30-15-24-26-27-30/h3-4,15H,5-14H2,1-2H3. The molecule has 2 saturated heterocycles. The highest BCUT2D eigenvalue weighted by Gasteiger charge is 2.43. The minimum atomic E-state index is -0.304. The molecule has 0 aromatic carbocycles. The number of aryl methyl sites for hydroxylation is 1. The van der Waals surface area contributed by atoms with E-state index in [9.17, 15) is 9.59 Å². The van der Waals surface area contributed by atoms with Gasteiger partial charge in [0.25, 0.3) is 0 Å². The van der Waals surface area contributed by atoms with Gasteiger partial charge in [-0.1, -0.05) is 6.07 Å². The third-order valence-corrected chi connectivity index (χ3v) is 7.48. The number of likely N-dealkylation sites (tertiary alicyclic amines) is 2. The van der Waals surface area contributed by atoms with Gasteiger partial charge in [0.05, 0.1) is 11.3 Å². The molecule has 0 atom stereocenters. The van der Waals surface area contributed by atoms with Crippen molar-refractivity contribution in [2.24, 2.45) is 5.41 Å². The molecular formula is C23H29N7O3. The van der Waals surface area contributed by atoms with Crippen molar-refractivity contribution in [1.29, 1.82) is 0 Å². The van der Waals surface area contributed by atoms with E-state index < -0.39 is 0 Å². The van der Waals surface area contributed by atoms with Gasteiger partial charge >= 0.3 is 5.97 Å². The Morgan fingerprint density at radius 2 is 1.88 bits per heavy atom. The van der Waals surface area contributed by atoms with Crippen LogP contribution in [0.4, 0.5) is 0 Å². The first-order valence-corrected chi connectivity index (χ1v) is 11.5. The van der Waals surface area contributed by atoms with Gasteiger partial charge < -0.3 is 14.5 Å². The lowest BCUT2D eigenvalue weighted by atomic mass is 9.71. The third kappa shape index (κ3) is 4.27. The summed E-state index contributed by atoms with van der Waals surface area (Å²) >= 11 is 0. The van der Waals surface area contributed by atoms with E-state index in [4.69, 9.17) is 4.74 Å². The van der Waals surface area contributed by atoms with Gasteiger partial charge in [0.2, 0.25) is 5.91 Å². The molecular weight excluding hydrogens is 422 g/mol. The number of cyclic esters (lactones) is 1. The number of rotatable bonds is 5. The first kappa shape index (κ1) is 21.7. The Morgan fingerprint density at radius 1 is 1.09 bits per heavy atom. The van der Waals surface area contributed by atoms with Gasteiger partial charge in [0.15, 0.2) is 5.82 Å². The van der Waals surface area contributed by atoms with Gasteiger partial charge in [0, 0.05) is 25.2 Å². The van der Waals surface area contributed by atoms with Crippen LogP contribution in [0.5, 0.6) is 0 Å². The van der Waals surface area contributed by atoms with Crippen LogP contribution < -0.4 is 0 Å². The Hall–Kier alpha value is -3.14. The molecule has 5 heterocycles. The number of hydrogen-bond donors (Lipinski definition) is 0. The van der Waals surface area contributed by atoms with E-state index in [0.717, 1.165) is 62.5 Å². The molecule has 174 valence electrons. The van der Waals surface area contributed by atoms with Gasteiger partial charge in [-0.25, -0.2) is 9.78 Å². The summed E-state index contributed by atoms with van der Waals surface area (Å²) in [5.41, 5.74) is 3.64. The highest BCUT2D eigenvalue weighted by molar-refractivity contribution is 5.92. The molecule has 3 aliphatic rings. The normalized spacial score (nSPS) is 21.2. The van der Waals surface area contributed by atoms with E-state index in [1.807, 2.05) is 13.0 Å². The molecule has 0 aliphatic carbocycles. The van der Waals surface area contributed by atoms with Gasteiger partial charge in [-0.3, -0.25) is 4.79 Å². The maximum atomic E-state index is 12.9. The summed E-state index contributed by atoms with van der Waals surface area (Å²) < 4.78 is 6.66. The predicted octanol–water partition coefficient (Wildman–Crippen LogP) is 1.44. The molecule has 0 saturated carbocycles. The monoisotopic (exact) mass is 451 g/mol. The van der Waals surface area contributed by atoms with Crippen molar-refractivity contribution in [2.75, 3.05) is 32.8 Å². The fourth-order valence-corrected chi connectivity index (χ4v) is 5.20. The van der Waals surface area contributed by atoms with Crippen LogP contribution in [-0.4, -0.2) is 79.7 Å². The number of nitrogens with zero attached hydrogens (tertiary/aromatic N) is 7. The molecule has 1 amide bonds. The number of amides is 1. The molecule has 1 spiro atoms. The summed E-state index contributed by atoms with van der Waals surface area (Å²) in [5, 5.41) is 11.2. The average molecular weight is 452 g/mol. The Kier molecular flexibility index (Phi) is 5.69. The summed E-state index contributed by atoms with van der Waals surface area (Å²) in [6, 6.07) is 4.05. The van der Waals surface area contributed by atoms with E-state index in [2.05, 4.69) is 31.5 Å². The fraction of sp³-hybridized carbons (Fsp3) is 0.565. The van der Waals surface area contributed by atoms with Crippen molar-refractivity contribution in [3.63, 3.8) is 0 Å². The number of hydrogen-bond acceptors (Lipinski definition) is 8. The summed E-state index contributed by atoms with van der Waals surface area (Å²) in [7, 11) is 0. The summed E-state index contributed by atoms with van der Waals surface area (Å²) in [6.45, 7) is 7.67. The van der Waals surface area contributed by atoms with Gasteiger partial charge in [-0.05, 0) is 80.1 Å². The van der Waals surface area contributed by atoms with Crippen LogP contribution in [0.25, 0.3) is 5.82 Å². The van der Waals surface area contributed by atoms with Crippen LogP contribution in [0.2, 0.25) is 0 Å². The Morgan fingerprint density at radius 3 is 2.52 bits per heavy atom. The number of tetrazole rings is 1. The zero-order chi connectivity index (χ0) is 23.0. The molecule has 0 bridgehead atoms. The smallest absolute Gasteiger partial charge is 0.336 e. The average Bonchev–Trinajstić information content (AvgIpc) is 3.46. The number of ether oxygens (including phenoxy) is 1. The number of carbonyl (C=O) groups is 2. The Balaban J connectivity index is 1.14. The highest BCUT2D eigenvalue weighted by Crippen LogP contribution is 2.43. The van der Waals surface area contributed by atoms with Crippen LogP contribution in [0.15, 0.2) is 29.7 Å². The van der Waals surface area contributed by atoms with Crippen LogP contribution in [0.3, 0.4) is 0 Å². The first-order chi connectivity index (χ1) is 15.9. The lowest BCUT2D eigenvalue weighted by molar-refractivity contribution is -0.139. The van der Waals surface area contributed by atoms with E-state index in [-0.39, 0.29) is 23.9 Å². The van der Waals surface area contributed by atoms with Gasteiger partial charge in [0.1, 0.15) is 12.9 Å². The zero-order valence-corrected chi connectivity index (χ0v) is 19.2. The maximum Gasteiger partial charge on any atom is 0.336 e. The van der Waals surface area contributed by atoms with Gasteiger partial charge in [-0.15, -0.1) is 5.10 Å². The Bertz CT molecular complexity index is 1090. The molecule has 0 unspecified atom stereocenters. The first-order valence-electron chi connectivity index (χ1n) is 11.5. The SMILES string of the molecule is CC1=C(N2CCC3(CCN(CCc4ccc(-n5cnnn5)nc4C)CC3)CC2=O)COC1=O. The van der Waals surface area contributed by atoms with Gasteiger partial charge in [-0.2, -0.15) is 4.68 Å². The maximum absolute atomic E-state index is 12.9. The van der Waals surface area contributed by atoms with Crippen molar-refractivity contribution in [2.45, 2.75) is 46.0 Å². The lowest BCUT2D eigenvalue weighted by Crippen LogP contribution is -2.49. The molecule has 0 radical (unpaired) electrons. The second-order valence-corrected chi connectivity index (χ2v) is 9.38. The molecule has 33 heavy (non-hydrogen) atoms. The number of pyridine rings is 1. The van der Waals surface area contributed by atoms with Crippen molar-refractivity contribution in [3.05, 3.63) is 41.0 Å². The number of esters is 1. The van der Waals surface area contributed by atoms with Crippen molar-refractivity contribution < 1.29 is 14.3 Å². The third-order valence-electron chi connectivity index (χ3n) is 7.48. The van der Waals surface area contributed by atoms with Crippen molar-refractivity contribution in [3.8, 4) is 5.82 Å². The number of piperidine rings is 2. The topological polar surface area (TPSA) is 106 Å². The number of aromatic nitrogens is 5. The van der Waals surface area contributed by atoms with Crippen LogP contribution in [0, 0.1) is 12.3 Å². The molecule has 3 aliphatic heterocycles. The molecule has 0 N–H and O–H groups in total. The van der Waals surface area contributed by atoms with Crippen molar-refractivity contribution in [1.82, 2.24) is 35.0 Å². The van der Waals surface area contributed by atoms with Crippen molar-refractivity contribution >= 4 is 11.9 Å². The molecule has 10 heteroatoms. The second kappa shape index (κ2) is 8.66. The van der Waals surface area contributed by atoms with E-state index >= 15 is 0 Å². The van der Waals surface area contributed by atoms with E-state index in [1.165, 1.54) is 5.56 Å². The zero-order valence-electron chi connectivity index (χ0n) is 19.2. The number of carbonyl (C=O) groups excluding carboxylic acids is 2. The molecule has 5 rings (SSSR count). The van der Waals surface area contributed by atoms with Crippen LogP contribution in [0.1, 0.15) is 43.9 Å². The van der Waals surface area contributed by atoms with E-state index in [0.29, 0.717) is 18.5 Å². The highest BCUT2D eigenvalue weighted by atomic mass is 16.5. The van der Waals surface area contributed by atoms with Crippen LogP contribution in [-0.2, 0) is 20.7 Å². The summed E-state index contributed by atoms with van der Waals surface area (Å²) in [6.07, 6.45) is 6.10. The minimum Gasteiger partial charge on any atom is -0.456 e. The Labute approximate surface area is 192 Å². The fourth-order valence-electron chi connectivity index (χ4n) is 5.20. The predicted molar refractivity (Wildman–Crippen MR) is 118 cm³/mol. The second-order valence-electron chi connectivity index (χ2n) is 9.38. The largest absolute Gasteiger partial charge is 0.456 e. The molecule has 2 aromatic heterocycles. The quantitative estimate of drug-likeness (QED) is 0.629. The summed E-state index contributed by atoms with van der Waals surface area (Å²) in [5.74, 6) is 0.547. The van der Waals surface area contributed by atoms with Crippen LogP contribution >= 0.6 is 0 Å². The molecule has 2 fully saturated rings. The molecule has 2 aromatic rings. The summed E-state index contributed by atoms with van der Waals surface area (Å²) in [4.78, 5) is 33.5. The van der Waals surface area contributed by atoms with E-state index in [1.54, 1.807) is 22.8 Å². The lowest BCUT2D eigenvalue weighted by Gasteiger charge is -2.46. The minimum absolute atomic E-state index is 0.0903.